The first-order valence-electron chi connectivity index (χ1n) is 9.53. The Labute approximate surface area is 164 Å². The predicted octanol–water partition coefficient (Wildman–Crippen LogP) is 4.76. The summed E-state index contributed by atoms with van der Waals surface area (Å²) in [7, 11) is 0. The Hall–Kier alpha value is -2.79. The van der Waals surface area contributed by atoms with E-state index >= 15 is 0 Å². The first kappa shape index (κ1) is 18.6. The third kappa shape index (κ3) is 3.27. The second kappa shape index (κ2) is 6.99. The highest BCUT2D eigenvalue weighted by Crippen LogP contribution is 2.45. The van der Waals surface area contributed by atoms with E-state index in [4.69, 9.17) is 5.10 Å². The van der Waals surface area contributed by atoms with Crippen LogP contribution in [0.15, 0.2) is 54.6 Å². The van der Waals surface area contributed by atoms with Gasteiger partial charge in [-0.1, -0.05) is 44.2 Å². The summed E-state index contributed by atoms with van der Waals surface area (Å²) in [6, 6.07) is 16.3. The molecule has 4 nitrogen and oxygen atoms in total. The SMILES string of the molecule is Cc1nn(-c2ccccc2)c2c1C(=O)CC(C)(C)C2NCc1ccc(F)cc1. The summed E-state index contributed by atoms with van der Waals surface area (Å²) in [6.45, 7) is 6.69. The molecule has 144 valence electrons. The van der Waals surface area contributed by atoms with Gasteiger partial charge in [0.2, 0.25) is 0 Å². The highest BCUT2D eigenvalue weighted by atomic mass is 19.1. The molecule has 0 saturated heterocycles. The molecular formula is C23H24FN3O. The number of halogens is 1. The van der Waals surface area contributed by atoms with Crippen LogP contribution >= 0.6 is 0 Å². The minimum atomic E-state index is -0.275. The molecule has 0 saturated carbocycles. The fourth-order valence-electron chi connectivity index (χ4n) is 4.09. The van der Waals surface area contributed by atoms with Crippen LogP contribution in [-0.2, 0) is 6.54 Å². The Morgan fingerprint density at radius 2 is 1.82 bits per heavy atom. The molecule has 0 bridgehead atoms. The Morgan fingerprint density at radius 3 is 2.50 bits per heavy atom. The van der Waals surface area contributed by atoms with E-state index < -0.39 is 0 Å². The smallest absolute Gasteiger partial charge is 0.167 e. The van der Waals surface area contributed by atoms with E-state index in [9.17, 15) is 9.18 Å². The first-order valence-corrected chi connectivity index (χ1v) is 9.53. The van der Waals surface area contributed by atoms with E-state index in [0.717, 1.165) is 28.2 Å². The van der Waals surface area contributed by atoms with E-state index in [-0.39, 0.29) is 23.1 Å². The molecule has 4 rings (SSSR count). The Bertz CT molecular complexity index is 1010. The summed E-state index contributed by atoms with van der Waals surface area (Å²) in [6.07, 6.45) is 0.461. The molecule has 1 heterocycles. The van der Waals surface area contributed by atoms with Gasteiger partial charge < -0.3 is 5.32 Å². The van der Waals surface area contributed by atoms with Crippen molar-refractivity contribution in [2.45, 2.75) is 39.8 Å². The van der Waals surface area contributed by atoms with Gasteiger partial charge in [-0.25, -0.2) is 9.07 Å². The fourth-order valence-corrected chi connectivity index (χ4v) is 4.09. The molecule has 5 heteroatoms. The normalized spacial score (nSPS) is 18.1. The maximum atomic E-state index is 13.2. The minimum Gasteiger partial charge on any atom is -0.304 e. The summed E-state index contributed by atoms with van der Waals surface area (Å²) >= 11 is 0. The van der Waals surface area contributed by atoms with Gasteiger partial charge in [-0.05, 0) is 42.2 Å². The molecule has 1 unspecified atom stereocenters. The number of carbonyl (C=O) groups is 1. The molecule has 0 spiro atoms. The third-order valence-electron chi connectivity index (χ3n) is 5.47. The van der Waals surface area contributed by atoms with Gasteiger partial charge in [-0.3, -0.25) is 4.79 Å². The van der Waals surface area contributed by atoms with Gasteiger partial charge in [0.15, 0.2) is 5.78 Å². The summed E-state index contributed by atoms with van der Waals surface area (Å²) < 4.78 is 15.1. The van der Waals surface area contributed by atoms with Gasteiger partial charge >= 0.3 is 0 Å². The zero-order valence-electron chi connectivity index (χ0n) is 16.4. The van der Waals surface area contributed by atoms with Crippen LogP contribution in [0.25, 0.3) is 5.69 Å². The quantitative estimate of drug-likeness (QED) is 0.713. The van der Waals surface area contributed by atoms with E-state index in [1.165, 1.54) is 12.1 Å². The number of nitrogens with zero attached hydrogens (tertiary/aromatic N) is 2. The molecule has 0 aliphatic heterocycles. The minimum absolute atomic E-state index is 0.0633. The Kier molecular flexibility index (Phi) is 4.63. The van der Waals surface area contributed by atoms with Crippen LogP contribution in [0.5, 0.6) is 0 Å². The topological polar surface area (TPSA) is 46.9 Å². The van der Waals surface area contributed by atoms with Crippen molar-refractivity contribution >= 4 is 5.78 Å². The zero-order chi connectivity index (χ0) is 19.9. The van der Waals surface area contributed by atoms with Gasteiger partial charge in [0.25, 0.3) is 0 Å². The molecular weight excluding hydrogens is 353 g/mol. The van der Waals surface area contributed by atoms with E-state index in [0.29, 0.717) is 13.0 Å². The van der Waals surface area contributed by atoms with Gasteiger partial charge in [-0.2, -0.15) is 5.10 Å². The van der Waals surface area contributed by atoms with Crippen LogP contribution in [0.1, 0.15) is 53.6 Å². The lowest BCUT2D eigenvalue weighted by Gasteiger charge is -2.39. The number of aryl methyl sites for hydroxylation is 1. The van der Waals surface area contributed by atoms with E-state index in [2.05, 4.69) is 19.2 Å². The average molecular weight is 377 g/mol. The van der Waals surface area contributed by atoms with Crippen LogP contribution in [0.4, 0.5) is 4.39 Å². The van der Waals surface area contributed by atoms with E-state index in [1.54, 1.807) is 12.1 Å². The first-order chi connectivity index (χ1) is 13.4. The summed E-state index contributed by atoms with van der Waals surface area (Å²) in [5.41, 5.74) is 4.05. The van der Waals surface area contributed by atoms with Crippen molar-refractivity contribution in [3.05, 3.63) is 82.9 Å². The molecule has 0 radical (unpaired) electrons. The lowest BCUT2D eigenvalue weighted by molar-refractivity contribution is 0.0859. The molecule has 1 aliphatic rings. The third-order valence-corrected chi connectivity index (χ3v) is 5.47. The number of aromatic nitrogens is 2. The molecule has 3 aromatic rings. The van der Waals surface area contributed by atoms with Crippen LogP contribution in [0, 0.1) is 18.2 Å². The lowest BCUT2D eigenvalue weighted by Crippen LogP contribution is -2.41. The standard InChI is InChI=1S/C23H24FN3O/c1-15-20-19(28)13-23(2,3)22(25-14-16-9-11-17(24)12-10-16)21(20)27(26-15)18-7-5-4-6-8-18/h4-12,22,25H,13-14H2,1-3H3. The highest BCUT2D eigenvalue weighted by molar-refractivity contribution is 6.00. The monoisotopic (exact) mass is 377 g/mol. The van der Waals surface area contributed by atoms with Crippen molar-refractivity contribution < 1.29 is 9.18 Å². The number of nitrogens with one attached hydrogen (secondary N) is 1. The van der Waals surface area contributed by atoms with Crippen LogP contribution in [0.3, 0.4) is 0 Å². The molecule has 1 aliphatic carbocycles. The predicted molar refractivity (Wildman–Crippen MR) is 107 cm³/mol. The molecule has 28 heavy (non-hydrogen) atoms. The molecule has 1 aromatic heterocycles. The maximum Gasteiger partial charge on any atom is 0.167 e. The number of Topliss-reactive ketones (excluding diaryl/α,β-unsaturated/α-hetero) is 1. The van der Waals surface area contributed by atoms with Crippen molar-refractivity contribution in [2.75, 3.05) is 0 Å². The molecule has 2 aromatic carbocycles. The summed E-state index contributed by atoms with van der Waals surface area (Å²) in [5.74, 6) is -0.105. The maximum absolute atomic E-state index is 13.2. The Morgan fingerprint density at radius 1 is 1.14 bits per heavy atom. The van der Waals surface area contributed by atoms with Crippen LogP contribution < -0.4 is 5.32 Å². The van der Waals surface area contributed by atoms with Crippen molar-refractivity contribution in [3.8, 4) is 5.69 Å². The number of para-hydroxylation sites is 1. The molecule has 1 atom stereocenters. The zero-order valence-corrected chi connectivity index (χ0v) is 16.4. The van der Waals surface area contributed by atoms with E-state index in [1.807, 2.05) is 41.9 Å². The molecule has 1 N–H and O–H groups in total. The largest absolute Gasteiger partial charge is 0.304 e. The number of hydrogen-bond acceptors (Lipinski definition) is 3. The van der Waals surface area contributed by atoms with Gasteiger partial charge in [0.05, 0.1) is 28.7 Å². The van der Waals surface area contributed by atoms with Gasteiger partial charge in [0.1, 0.15) is 5.82 Å². The number of benzene rings is 2. The number of fused-ring (bicyclic) bond motifs is 1. The number of rotatable bonds is 4. The second-order valence-corrected chi connectivity index (χ2v) is 8.12. The van der Waals surface area contributed by atoms with Gasteiger partial charge in [-0.15, -0.1) is 0 Å². The van der Waals surface area contributed by atoms with Crippen molar-refractivity contribution in [1.29, 1.82) is 0 Å². The van der Waals surface area contributed by atoms with Crippen LogP contribution in [-0.4, -0.2) is 15.6 Å². The summed E-state index contributed by atoms with van der Waals surface area (Å²) in [5, 5.41) is 8.31. The van der Waals surface area contributed by atoms with Gasteiger partial charge in [0, 0.05) is 13.0 Å². The molecule has 0 amide bonds. The van der Waals surface area contributed by atoms with Crippen molar-refractivity contribution in [1.82, 2.24) is 15.1 Å². The highest BCUT2D eigenvalue weighted by Gasteiger charge is 2.43. The number of hydrogen-bond donors (Lipinski definition) is 1. The van der Waals surface area contributed by atoms with Crippen molar-refractivity contribution in [3.63, 3.8) is 0 Å². The average Bonchev–Trinajstić information content (AvgIpc) is 3.00. The molecule has 0 fully saturated rings. The van der Waals surface area contributed by atoms with Crippen LogP contribution in [0.2, 0.25) is 0 Å². The Balaban J connectivity index is 1.77. The summed E-state index contributed by atoms with van der Waals surface area (Å²) in [4.78, 5) is 12.9. The van der Waals surface area contributed by atoms with Crippen molar-refractivity contribution in [2.24, 2.45) is 5.41 Å². The fraction of sp³-hybridized carbons (Fsp3) is 0.304. The number of ketones is 1. The second-order valence-electron chi connectivity index (χ2n) is 8.12. The lowest BCUT2D eigenvalue weighted by atomic mass is 9.71. The number of carbonyl (C=O) groups excluding carboxylic acids is 1.